The van der Waals surface area contributed by atoms with Gasteiger partial charge in [-0.3, -0.25) is 4.68 Å². The van der Waals surface area contributed by atoms with Crippen molar-refractivity contribution in [3.05, 3.63) is 52.7 Å². The smallest absolute Gasteiger partial charge is 0.315 e. The Balaban J connectivity index is 1.54. The lowest BCUT2D eigenvalue weighted by atomic mass is 10.1. The van der Waals surface area contributed by atoms with E-state index in [1.165, 1.54) is 0 Å². The number of hydrogen-bond acceptors (Lipinski definition) is 4. The van der Waals surface area contributed by atoms with Gasteiger partial charge in [-0.15, -0.1) is 0 Å². The molecule has 0 radical (unpaired) electrons. The van der Waals surface area contributed by atoms with E-state index in [0.29, 0.717) is 13.1 Å². The van der Waals surface area contributed by atoms with Gasteiger partial charge in [0.1, 0.15) is 5.65 Å². The molecule has 0 aliphatic heterocycles. The molecule has 8 nitrogen and oxygen atoms in total. The zero-order chi connectivity index (χ0) is 18.7. The fraction of sp³-hybridized carbons (Fsp3) is 0.353. The molecule has 3 aromatic rings. The Kier molecular flexibility index (Phi) is 5.58. The second-order valence-corrected chi connectivity index (χ2v) is 7.25. The van der Waals surface area contributed by atoms with E-state index in [1.54, 1.807) is 4.68 Å². The lowest BCUT2D eigenvalue weighted by molar-refractivity contribution is 0.232. The summed E-state index contributed by atoms with van der Waals surface area (Å²) in [4.78, 5) is 18.7. The Morgan fingerprint density at radius 1 is 1.27 bits per heavy atom. The van der Waals surface area contributed by atoms with Gasteiger partial charge in [-0.1, -0.05) is 0 Å². The van der Waals surface area contributed by atoms with Crippen molar-refractivity contribution in [3.63, 3.8) is 0 Å². The van der Waals surface area contributed by atoms with Crippen LogP contribution in [-0.2, 0) is 13.6 Å². The average molecular weight is 420 g/mol. The number of nitrogens with one attached hydrogen (secondary N) is 2. The highest BCUT2D eigenvalue weighted by molar-refractivity contribution is 9.10. The van der Waals surface area contributed by atoms with E-state index in [4.69, 9.17) is 0 Å². The van der Waals surface area contributed by atoms with Crippen molar-refractivity contribution in [1.29, 1.82) is 0 Å². The molecule has 0 aromatic carbocycles. The van der Waals surface area contributed by atoms with Gasteiger partial charge in [0.25, 0.3) is 0 Å². The number of aromatic nitrogens is 4. The summed E-state index contributed by atoms with van der Waals surface area (Å²) in [5.41, 5.74) is 2.70. The lowest BCUT2D eigenvalue weighted by Gasteiger charge is -2.23. The molecular formula is C17H22BrN7O. The molecule has 138 valence electrons. The second-order valence-electron chi connectivity index (χ2n) is 6.34. The summed E-state index contributed by atoms with van der Waals surface area (Å²) in [6.45, 7) is 0.854. The number of hydrogen-bond donors (Lipinski definition) is 2. The number of aryl methyl sites for hydroxylation is 1. The highest BCUT2D eigenvalue weighted by Gasteiger charge is 2.16. The Bertz CT molecular complexity index is 902. The molecule has 0 fully saturated rings. The predicted octanol–water partition coefficient (Wildman–Crippen LogP) is 1.93. The number of likely N-dealkylation sites (N-methyl/N-ethyl adjacent to an activating group) is 1. The van der Waals surface area contributed by atoms with Crippen LogP contribution < -0.4 is 10.6 Å². The first-order valence-electron chi connectivity index (χ1n) is 8.22. The molecule has 0 saturated carbocycles. The third-order valence-corrected chi connectivity index (χ3v) is 4.55. The minimum absolute atomic E-state index is 0.0574. The van der Waals surface area contributed by atoms with Crippen LogP contribution in [0.25, 0.3) is 5.65 Å². The molecule has 0 aliphatic rings. The van der Waals surface area contributed by atoms with Crippen molar-refractivity contribution >= 4 is 27.6 Å². The Labute approximate surface area is 160 Å². The third kappa shape index (κ3) is 4.41. The van der Waals surface area contributed by atoms with Crippen molar-refractivity contribution in [3.8, 4) is 0 Å². The number of imidazole rings is 1. The van der Waals surface area contributed by atoms with E-state index in [0.717, 1.165) is 21.4 Å². The van der Waals surface area contributed by atoms with Gasteiger partial charge in [0.15, 0.2) is 0 Å². The van der Waals surface area contributed by atoms with Crippen LogP contribution in [0, 0.1) is 0 Å². The second kappa shape index (κ2) is 7.88. The minimum atomic E-state index is -0.223. The van der Waals surface area contributed by atoms with E-state index < -0.39 is 0 Å². The molecule has 0 spiro atoms. The number of urea groups is 1. The summed E-state index contributed by atoms with van der Waals surface area (Å²) in [7, 11) is 5.84. The number of fused-ring (bicyclic) bond motifs is 1. The number of carbonyl (C=O) groups excluding carboxylic acids is 1. The largest absolute Gasteiger partial charge is 0.336 e. The van der Waals surface area contributed by atoms with Gasteiger partial charge in [0, 0.05) is 42.2 Å². The Hall–Kier alpha value is -2.39. The minimum Gasteiger partial charge on any atom is -0.336 e. The van der Waals surface area contributed by atoms with Gasteiger partial charge < -0.3 is 19.9 Å². The first-order valence-corrected chi connectivity index (χ1v) is 9.01. The van der Waals surface area contributed by atoms with Gasteiger partial charge in [-0.25, -0.2) is 9.78 Å². The Morgan fingerprint density at radius 2 is 2.08 bits per heavy atom. The summed E-state index contributed by atoms with van der Waals surface area (Å²) in [6.07, 6.45) is 7.61. The molecule has 3 aromatic heterocycles. The molecule has 3 heterocycles. The molecule has 0 saturated heterocycles. The van der Waals surface area contributed by atoms with E-state index in [1.807, 2.05) is 62.5 Å². The molecule has 2 N–H and O–H groups in total. The average Bonchev–Trinajstić information content (AvgIpc) is 3.18. The molecule has 1 unspecified atom stereocenters. The van der Waals surface area contributed by atoms with Crippen molar-refractivity contribution in [2.45, 2.75) is 12.6 Å². The van der Waals surface area contributed by atoms with Crippen LogP contribution in [0.15, 0.2) is 41.4 Å². The first-order chi connectivity index (χ1) is 12.4. The fourth-order valence-electron chi connectivity index (χ4n) is 2.74. The quantitative estimate of drug-likeness (QED) is 0.639. The maximum Gasteiger partial charge on any atom is 0.315 e. The van der Waals surface area contributed by atoms with Crippen LogP contribution in [0.1, 0.15) is 17.3 Å². The topological polar surface area (TPSA) is 79.5 Å². The van der Waals surface area contributed by atoms with Gasteiger partial charge >= 0.3 is 6.03 Å². The van der Waals surface area contributed by atoms with E-state index >= 15 is 0 Å². The number of pyridine rings is 1. The monoisotopic (exact) mass is 419 g/mol. The van der Waals surface area contributed by atoms with Crippen LogP contribution >= 0.6 is 15.9 Å². The van der Waals surface area contributed by atoms with E-state index in [9.17, 15) is 4.79 Å². The summed E-state index contributed by atoms with van der Waals surface area (Å²) < 4.78 is 4.65. The molecule has 1 atom stereocenters. The summed E-state index contributed by atoms with van der Waals surface area (Å²) in [5, 5.41) is 9.96. The highest BCUT2D eigenvalue weighted by Crippen LogP contribution is 2.16. The zero-order valence-corrected chi connectivity index (χ0v) is 16.6. The Morgan fingerprint density at radius 3 is 2.77 bits per heavy atom. The molecular weight excluding hydrogens is 398 g/mol. The van der Waals surface area contributed by atoms with Crippen LogP contribution in [0.3, 0.4) is 0 Å². The van der Waals surface area contributed by atoms with Gasteiger partial charge in [-0.2, -0.15) is 5.10 Å². The molecule has 2 amide bonds. The zero-order valence-electron chi connectivity index (χ0n) is 15.0. The molecule has 3 rings (SSSR count). The summed E-state index contributed by atoms with van der Waals surface area (Å²) >= 11 is 3.43. The number of rotatable bonds is 6. The fourth-order valence-corrected chi connectivity index (χ4v) is 3.09. The van der Waals surface area contributed by atoms with Crippen molar-refractivity contribution in [1.82, 2.24) is 34.7 Å². The van der Waals surface area contributed by atoms with E-state index in [-0.39, 0.29) is 12.1 Å². The third-order valence-electron chi connectivity index (χ3n) is 4.08. The van der Waals surface area contributed by atoms with Crippen molar-refractivity contribution < 1.29 is 4.79 Å². The maximum absolute atomic E-state index is 12.1. The lowest BCUT2D eigenvalue weighted by Crippen LogP contribution is -2.40. The van der Waals surface area contributed by atoms with Gasteiger partial charge in [-0.05, 0) is 42.2 Å². The summed E-state index contributed by atoms with van der Waals surface area (Å²) in [6, 6.07) is 3.69. The number of halogens is 1. The van der Waals surface area contributed by atoms with E-state index in [2.05, 4.69) is 41.5 Å². The predicted molar refractivity (Wildman–Crippen MR) is 103 cm³/mol. The number of carbonyl (C=O) groups is 1. The highest BCUT2D eigenvalue weighted by atomic mass is 79.9. The van der Waals surface area contributed by atoms with Crippen molar-refractivity contribution in [2.24, 2.45) is 7.05 Å². The first kappa shape index (κ1) is 18.4. The standard InChI is InChI=1S/C17H22BrN7O/c1-23(2)15(12-6-21-24(3)9-12)8-20-17(26)19-7-14-11-25-10-13(18)4-5-16(25)22-14/h4-6,9-11,15H,7-8H2,1-3H3,(H2,19,20,26). The molecule has 9 heteroatoms. The molecule has 0 aliphatic carbocycles. The van der Waals surface area contributed by atoms with Crippen LogP contribution in [0.4, 0.5) is 4.79 Å². The number of nitrogens with zero attached hydrogens (tertiary/aromatic N) is 5. The summed E-state index contributed by atoms with van der Waals surface area (Å²) in [5.74, 6) is 0. The van der Waals surface area contributed by atoms with Crippen LogP contribution in [0.2, 0.25) is 0 Å². The molecule has 0 bridgehead atoms. The van der Waals surface area contributed by atoms with Gasteiger partial charge in [0.2, 0.25) is 0 Å². The number of amides is 2. The molecule has 26 heavy (non-hydrogen) atoms. The maximum atomic E-state index is 12.1. The SMILES string of the molecule is CN(C)C(CNC(=O)NCc1cn2cc(Br)ccc2n1)c1cnn(C)c1. The van der Waals surface area contributed by atoms with Gasteiger partial charge in [0.05, 0.1) is 24.5 Å². The van der Waals surface area contributed by atoms with Crippen LogP contribution in [0.5, 0.6) is 0 Å². The van der Waals surface area contributed by atoms with Crippen LogP contribution in [-0.4, -0.2) is 50.7 Å². The normalized spacial score (nSPS) is 12.5. The van der Waals surface area contributed by atoms with Crippen molar-refractivity contribution in [2.75, 3.05) is 20.6 Å².